The molecule has 0 radical (unpaired) electrons. The number of anilines is 4. The van der Waals surface area contributed by atoms with Gasteiger partial charge < -0.3 is 39.4 Å². The largest absolute Gasteiger partial charge is 0.494 e. The van der Waals surface area contributed by atoms with Crippen LogP contribution in [0.3, 0.4) is 0 Å². The lowest BCUT2D eigenvalue weighted by molar-refractivity contribution is -0.111. The summed E-state index contributed by atoms with van der Waals surface area (Å²) in [6, 6.07) is 10.7. The van der Waals surface area contributed by atoms with Gasteiger partial charge in [0.25, 0.3) is 0 Å². The number of ether oxygens (including phenoxy) is 2. The zero-order valence-electron chi connectivity index (χ0n) is 28.7. The SMILES string of the molecule is [2H]C([2H])([2H])n1cc(-c2nc(Nc3cc(NC(=O)C=C)c(N4C[C@H]5CN(C)C[C@H]5C4)cc3OC)ncc2OC(=O)N(C)C)c2ccccc21. The molecule has 2 atom stereocenters. The van der Waals surface area contributed by atoms with Gasteiger partial charge >= 0.3 is 6.09 Å². The molecule has 4 aromatic rings. The molecule has 45 heavy (non-hydrogen) atoms. The van der Waals surface area contributed by atoms with Crippen molar-refractivity contribution in [1.82, 2.24) is 24.3 Å². The van der Waals surface area contributed by atoms with Crippen LogP contribution in [0.5, 0.6) is 11.5 Å². The summed E-state index contributed by atoms with van der Waals surface area (Å²) in [7, 11) is 6.79. The molecule has 12 nitrogen and oxygen atoms in total. The second-order valence-corrected chi connectivity index (χ2v) is 11.6. The molecule has 2 aromatic heterocycles. The second-order valence-electron chi connectivity index (χ2n) is 11.6. The Morgan fingerprint density at radius 3 is 2.56 bits per heavy atom. The average molecular weight is 614 g/mol. The summed E-state index contributed by atoms with van der Waals surface area (Å²) in [5.41, 5.74) is 2.95. The number of amides is 2. The molecule has 2 aliphatic rings. The highest BCUT2D eigenvalue weighted by Gasteiger charge is 2.39. The van der Waals surface area contributed by atoms with Crippen molar-refractivity contribution < 1.29 is 23.2 Å². The normalized spacial score (nSPS) is 18.9. The number of aromatic nitrogens is 3. The minimum absolute atomic E-state index is 0.0409. The minimum Gasteiger partial charge on any atom is -0.494 e. The molecular formula is C33H38N8O4. The summed E-state index contributed by atoms with van der Waals surface area (Å²) in [4.78, 5) is 40.2. The maximum absolute atomic E-state index is 12.6. The molecule has 2 aliphatic heterocycles. The number of likely N-dealkylation sites (tertiary alicyclic amines) is 1. The molecule has 6 rings (SSSR count). The van der Waals surface area contributed by atoms with E-state index in [0.717, 1.165) is 31.9 Å². The molecule has 2 fully saturated rings. The van der Waals surface area contributed by atoms with Gasteiger partial charge in [-0.3, -0.25) is 4.79 Å². The first-order valence-electron chi connectivity index (χ1n) is 16.1. The van der Waals surface area contributed by atoms with Crippen molar-refractivity contribution in [3.05, 3.63) is 61.4 Å². The highest BCUT2D eigenvalue weighted by atomic mass is 16.6. The number of carbonyl (C=O) groups excluding carboxylic acids is 2. The average Bonchev–Trinajstić information content (AvgIpc) is 3.73. The monoisotopic (exact) mass is 613 g/mol. The summed E-state index contributed by atoms with van der Waals surface area (Å²) >= 11 is 0. The molecule has 0 unspecified atom stereocenters. The highest BCUT2D eigenvalue weighted by molar-refractivity contribution is 6.02. The Bertz CT molecular complexity index is 1880. The molecule has 0 saturated carbocycles. The number of para-hydroxylation sites is 1. The van der Waals surface area contributed by atoms with E-state index in [1.165, 1.54) is 27.9 Å². The zero-order chi connectivity index (χ0) is 34.3. The van der Waals surface area contributed by atoms with Gasteiger partial charge in [0, 0.05) is 80.1 Å². The van der Waals surface area contributed by atoms with Crippen LogP contribution >= 0.6 is 0 Å². The fraction of sp³-hybridized carbons (Fsp3) is 0.333. The Kier molecular flexibility index (Phi) is 7.09. The van der Waals surface area contributed by atoms with Crippen LogP contribution in [0.1, 0.15) is 4.11 Å². The van der Waals surface area contributed by atoms with E-state index >= 15 is 0 Å². The van der Waals surface area contributed by atoms with Crippen LogP contribution in [-0.4, -0.2) is 90.8 Å². The predicted octanol–water partition coefficient (Wildman–Crippen LogP) is 4.57. The van der Waals surface area contributed by atoms with E-state index < -0.39 is 13.1 Å². The summed E-state index contributed by atoms with van der Waals surface area (Å²) in [6.45, 7) is 4.89. The molecule has 0 bridgehead atoms. The lowest BCUT2D eigenvalue weighted by Crippen LogP contribution is -2.27. The molecule has 4 heterocycles. The standard InChI is InChI=1S/C33H38N8O4/c1-7-30(42)35-24-12-25(28(44-6)13-27(24)41-17-20-15-39(4)16-21(20)18-41)36-32-34-14-29(45-33(43)38(2)3)31(37-32)23-19-40(5)26-11-9-8-10-22(23)26/h7-14,19-21H,1,15-18H2,2-6H3,(H,35,42)(H,34,36,37)/t20-,21+/i5D3. The number of aryl methyl sites for hydroxylation is 1. The van der Waals surface area contributed by atoms with Crippen LogP contribution < -0.4 is 25.0 Å². The van der Waals surface area contributed by atoms with Gasteiger partial charge in [0.05, 0.1) is 30.4 Å². The third-order valence-corrected chi connectivity index (χ3v) is 8.30. The van der Waals surface area contributed by atoms with E-state index in [1.807, 2.05) is 6.07 Å². The van der Waals surface area contributed by atoms with Gasteiger partial charge in [-0.2, -0.15) is 0 Å². The van der Waals surface area contributed by atoms with Crippen LogP contribution in [-0.2, 0) is 11.8 Å². The van der Waals surface area contributed by atoms with Crippen LogP contribution in [0.4, 0.5) is 27.8 Å². The van der Waals surface area contributed by atoms with E-state index in [9.17, 15) is 9.59 Å². The van der Waals surface area contributed by atoms with Gasteiger partial charge in [-0.25, -0.2) is 14.8 Å². The van der Waals surface area contributed by atoms with E-state index in [1.54, 1.807) is 51.5 Å². The zero-order valence-corrected chi connectivity index (χ0v) is 25.7. The van der Waals surface area contributed by atoms with E-state index in [4.69, 9.17) is 18.6 Å². The van der Waals surface area contributed by atoms with Crippen molar-refractivity contribution >= 4 is 45.9 Å². The number of hydrogen-bond donors (Lipinski definition) is 2. The van der Waals surface area contributed by atoms with Crippen LogP contribution in [0.25, 0.3) is 22.2 Å². The first kappa shape index (κ1) is 26.3. The number of hydrogen-bond acceptors (Lipinski definition) is 9. The molecule has 2 saturated heterocycles. The number of fused-ring (bicyclic) bond motifs is 2. The molecule has 234 valence electrons. The second kappa shape index (κ2) is 12.1. The Morgan fingerprint density at radius 1 is 1.11 bits per heavy atom. The molecule has 2 N–H and O–H groups in total. The topological polar surface area (TPSA) is 117 Å². The molecular weight excluding hydrogens is 572 g/mol. The van der Waals surface area contributed by atoms with Gasteiger partial charge in [0.2, 0.25) is 11.9 Å². The van der Waals surface area contributed by atoms with Crippen molar-refractivity contribution in [3.63, 3.8) is 0 Å². The highest BCUT2D eigenvalue weighted by Crippen LogP contribution is 2.43. The maximum atomic E-state index is 12.6. The van der Waals surface area contributed by atoms with Crippen molar-refractivity contribution in [2.24, 2.45) is 18.8 Å². The van der Waals surface area contributed by atoms with Crippen LogP contribution in [0.15, 0.2) is 61.4 Å². The quantitative estimate of drug-likeness (QED) is 0.276. The van der Waals surface area contributed by atoms with Crippen LogP contribution in [0, 0.1) is 11.8 Å². The Hall–Kier alpha value is -5.10. The molecule has 2 aromatic carbocycles. The predicted molar refractivity (Wildman–Crippen MR) is 175 cm³/mol. The van der Waals surface area contributed by atoms with Crippen molar-refractivity contribution in [1.29, 1.82) is 0 Å². The summed E-state index contributed by atoms with van der Waals surface area (Å²) in [5, 5.41) is 6.74. The Labute approximate surface area is 266 Å². The van der Waals surface area contributed by atoms with Crippen molar-refractivity contribution in [2.45, 2.75) is 0 Å². The van der Waals surface area contributed by atoms with Gasteiger partial charge in [0.15, 0.2) is 5.75 Å². The summed E-state index contributed by atoms with van der Waals surface area (Å²) < 4.78 is 36.9. The number of methoxy groups -OCH3 is 1. The number of rotatable bonds is 8. The molecule has 0 aliphatic carbocycles. The van der Waals surface area contributed by atoms with Crippen molar-refractivity contribution in [3.8, 4) is 22.8 Å². The molecule has 12 heteroatoms. The fourth-order valence-electron chi connectivity index (χ4n) is 6.18. The van der Waals surface area contributed by atoms with E-state index in [-0.39, 0.29) is 23.3 Å². The number of nitrogens with zero attached hydrogens (tertiary/aromatic N) is 6. The van der Waals surface area contributed by atoms with Gasteiger partial charge in [-0.05, 0) is 37.1 Å². The lowest BCUT2D eigenvalue weighted by Gasteiger charge is -2.26. The maximum Gasteiger partial charge on any atom is 0.414 e. The number of nitrogens with one attached hydrogen (secondary N) is 2. The third-order valence-electron chi connectivity index (χ3n) is 8.30. The Balaban J connectivity index is 1.43. The first-order valence-corrected chi connectivity index (χ1v) is 14.6. The number of benzene rings is 2. The van der Waals surface area contributed by atoms with Gasteiger partial charge in [0.1, 0.15) is 11.4 Å². The van der Waals surface area contributed by atoms with E-state index in [2.05, 4.69) is 39.0 Å². The summed E-state index contributed by atoms with van der Waals surface area (Å²) in [5.74, 6) is 1.35. The Morgan fingerprint density at radius 2 is 1.87 bits per heavy atom. The first-order chi connectivity index (χ1) is 22.9. The third kappa shape index (κ3) is 5.88. The number of carbonyl (C=O) groups is 2. The van der Waals surface area contributed by atoms with E-state index in [0.29, 0.717) is 45.4 Å². The smallest absolute Gasteiger partial charge is 0.414 e. The molecule has 0 spiro atoms. The van der Waals surface area contributed by atoms with Gasteiger partial charge in [-0.1, -0.05) is 24.8 Å². The fourth-order valence-corrected chi connectivity index (χ4v) is 6.18. The van der Waals surface area contributed by atoms with Gasteiger partial charge in [-0.15, -0.1) is 0 Å². The summed E-state index contributed by atoms with van der Waals surface area (Å²) in [6.07, 6.45) is 3.39. The molecule has 2 amide bonds. The minimum atomic E-state index is -2.47. The van der Waals surface area contributed by atoms with Crippen LogP contribution in [0.2, 0.25) is 0 Å². The lowest BCUT2D eigenvalue weighted by atomic mass is 10.0. The van der Waals surface area contributed by atoms with Crippen molar-refractivity contribution in [2.75, 3.05) is 70.0 Å².